The standard InChI is InChI=1S/C8H9Cl/c9-8-4-2-6-1-3-7(8)5-6/h1-4,6-8H,5H2. The number of hydrogen-bond donors (Lipinski definition) is 0. The highest BCUT2D eigenvalue weighted by Crippen LogP contribution is 2.34. The molecular formula is C8H9Cl. The van der Waals surface area contributed by atoms with Gasteiger partial charge in [-0.2, -0.15) is 0 Å². The molecule has 0 aromatic carbocycles. The zero-order valence-electron chi connectivity index (χ0n) is 5.13. The van der Waals surface area contributed by atoms with Crippen molar-refractivity contribution in [3.05, 3.63) is 24.3 Å². The number of fused-ring (bicyclic) bond motifs is 2. The van der Waals surface area contributed by atoms with Gasteiger partial charge in [0.25, 0.3) is 0 Å². The third kappa shape index (κ3) is 0.819. The first kappa shape index (κ1) is 5.55. The van der Waals surface area contributed by atoms with E-state index in [9.17, 15) is 0 Å². The maximum atomic E-state index is 5.97. The summed E-state index contributed by atoms with van der Waals surface area (Å²) in [6, 6.07) is 0. The molecule has 0 heterocycles. The van der Waals surface area contributed by atoms with Crippen molar-refractivity contribution in [2.24, 2.45) is 11.8 Å². The SMILES string of the molecule is ClC1C=CC2C=CC1C2. The number of allylic oxidation sites excluding steroid dienone is 4. The highest BCUT2D eigenvalue weighted by Gasteiger charge is 2.25. The summed E-state index contributed by atoms with van der Waals surface area (Å²) in [5, 5.41) is 0.264. The van der Waals surface area contributed by atoms with Gasteiger partial charge in [0.15, 0.2) is 0 Å². The molecule has 0 saturated heterocycles. The van der Waals surface area contributed by atoms with E-state index < -0.39 is 0 Å². The van der Waals surface area contributed by atoms with Crippen LogP contribution < -0.4 is 0 Å². The zero-order valence-corrected chi connectivity index (χ0v) is 5.88. The molecule has 2 bridgehead atoms. The summed E-state index contributed by atoms with van der Waals surface area (Å²) in [5.41, 5.74) is 0. The van der Waals surface area contributed by atoms with Crippen LogP contribution in [-0.2, 0) is 0 Å². The summed E-state index contributed by atoms with van der Waals surface area (Å²) < 4.78 is 0. The Hall–Kier alpha value is -0.230. The lowest BCUT2D eigenvalue weighted by molar-refractivity contribution is 0.567. The van der Waals surface area contributed by atoms with Crippen molar-refractivity contribution in [1.82, 2.24) is 0 Å². The lowest BCUT2D eigenvalue weighted by atomic mass is 9.94. The topological polar surface area (TPSA) is 0 Å². The van der Waals surface area contributed by atoms with E-state index >= 15 is 0 Å². The van der Waals surface area contributed by atoms with E-state index in [1.54, 1.807) is 0 Å². The van der Waals surface area contributed by atoms with E-state index in [0.29, 0.717) is 11.8 Å². The van der Waals surface area contributed by atoms with E-state index in [2.05, 4.69) is 24.3 Å². The predicted molar refractivity (Wildman–Crippen MR) is 39.5 cm³/mol. The summed E-state index contributed by atoms with van der Waals surface area (Å²) >= 11 is 5.97. The smallest absolute Gasteiger partial charge is 0.0579 e. The minimum absolute atomic E-state index is 0.264. The largest absolute Gasteiger partial charge is 0.118 e. The summed E-state index contributed by atoms with van der Waals surface area (Å²) in [5.74, 6) is 1.33. The molecule has 2 rings (SSSR count). The van der Waals surface area contributed by atoms with Crippen LogP contribution in [0.15, 0.2) is 24.3 Å². The maximum Gasteiger partial charge on any atom is 0.0579 e. The monoisotopic (exact) mass is 140 g/mol. The number of hydrogen-bond acceptors (Lipinski definition) is 0. The molecule has 0 aromatic heterocycles. The van der Waals surface area contributed by atoms with Crippen LogP contribution in [0.25, 0.3) is 0 Å². The normalized spacial score (nSPS) is 46.1. The summed E-state index contributed by atoms with van der Waals surface area (Å²) in [6.07, 6.45) is 10.1. The van der Waals surface area contributed by atoms with Gasteiger partial charge < -0.3 is 0 Å². The average Bonchev–Trinajstić information content (AvgIpc) is 2.25. The lowest BCUT2D eigenvalue weighted by Crippen LogP contribution is -2.12. The second kappa shape index (κ2) is 1.88. The molecule has 0 N–H and O–H groups in total. The van der Waals surface area contributed by atoms with Gasteiger partial charge >= 0.3 is 0 Å². The molecule has 0 aromatic rings. The summed E-state index contributed by atoms with van der Waals surface area (Å²) in [6.45, 7) is 0. The highest BCUT2D eigenvalue weighted by atomic mass is 35.5. The highest BCUT2D eigenvalue weighted by molar-refractivity contribution is 6.22. The van der Waals surface area contributed by atoms with E-state index in [0.717, 1.165) is 0 Å². The molecule has 1 heteroatoms. The molecule has 9 heavy (non-hydrogen) atoms. The van der Waals surface area contributed by atoms with Gasteiger partial charge in [0.05, 0.1) is 5.38 Å². The Balaban J connectivity index is 2.28. The van der Waals surface area contributed by atoms with Crippen LogP contribution in [-0.4, -0.2) is 5.38 Å². The fraction of sp³-hybridized carbons (Fsp3) is 0.500. The molecule has 0 amide bonds. The quantitative estimate of drug-likeness (QED) is 0.358. The van der Waals surface area contributed by atoms with Crippen LogP contribution in [0.1, 0.15) is 6.42 Å². The molecule has 0 nitrogen and oxygen atoms in total. The van der Waals surface area contributed by atoms with Crippen molar-refractivity contribution < 1.29 is 0 Å². The number of halogens is 1. The van der Waals surface area contributed by atoms with Crippen molar-refractivity contribution in [1.29, 1.82) is 0 Å². The van der Waals surface area contributed by atoms with Crippen LogP contribution in [0.4, 0.5) is 0 Å². The molecular weight excluding hydrogens is 132 g/mol. The average molecular weight is 141 g/mol. The Morgan fingerprint density at radius 2 is 1.89 bits per heavy atom. The molecule has 2 aliphatic carbocycles. The van der Waals surface area contributed by atoms with Crippen molar-refractivity contribution in [2.45, 2.75) is 11.8 Å². The van der Waals surface area contributed by atoms with E-state index in [4.69, 9.17) is 11.6 Å². The van der Waals surface area contributed by atoms with Gasteiger partial charge in [0, 0.05) is 0 Å². The molecule has 48 valence electrons. The first-order valence-electron chi connectivity index (χ1n) is 3.37. The van der Waals surface area contributed by atoms with Crippen LogP contribution in [0.5, 0.6) is 0 Å². The van der Waals surface area contributed by atoms with Crippen molar-refractivity contribution in [2.75, 3.05) is 0 Å². The first-order chi connectivity index (χ1) is 4.36. The van der Waals surface area contributed by atoms with Crippen LogP contribution in [0.2, 0.25) is 0 Å². The lowest BCUT2D eigenvalue weighted by Gasteiger charge is -2.17. The van der Waals surface area contributed by atoms with Gasteiger partial charge in [-0.1, -0.05) is 24.3 Å². The first-order valence-corrected chi connectivity index (χ1v) is 3.80. The van der Waals surface area contributed by atoms with Gasteiger partial charge in [-0.15, -0.1) is 11.6 Å². The predicted octanol–water partition coefficient (Wildman–Crippen LogP) is 2.36. The van der Waals surface area contributed by atoms with Gasteiger partial charge in [0.2, 0.25) is 0 Å². The fourth-order valence-electron chi connectivity index (χ4n) is 1.53. The molecule has 3 unspecified atom stereocenters. The Kier molecular flexibility index (Phi) is 1.16. The van der Waals surface area contributed by atoms with Crippen molar-refractivity contribution in [3.63, 3.8) is 0 Å². The number of rotatable bonds is 0. The summed E-state index contributed by atoms with van der Waals surface area (Å²) in [4.78, 5) is 0. The molecule has 0 radical (unpaired) electrons. The van der Waals surface area contributed by atoms with Crippen LogP contribution in [0.3, 0.4) is 0 Å². The zero-order chi connectivity index (χ0) is 6.27. The third-order valence-electron chi connectivity index (χ3n) is 2.10. The Morgan fingerprint density at radius 3 is 2.67 bits per heavy atom. The van der Waals surface area contributed by atoms with E-state index in [1.807, 2.05) is 0 Å². The minimum atomic E-state index is 0.264. The van der Waals surface area contributed by atoms with E-state index in [-0.39, 0.29) is 5.38 Å². The molecule has 0 fully saturated rings. The molecule has 2 aliphatic rings. The molecule has 0 saturated carbocycles. The molecule has 3 atom stereocenters. The minimum Gasteiger partial charge on any atom is -0.118 e. The number of alkyl halides is 1. The Labute approximate surface area is 60.2 Å². The molecule has 0 aliphatic heterocycles. The van der Waals surface area contributed by atoms with Crippen LogP contribution in [0, 0.1) is 11.8 Å². The Morgan fingerprint density at radius 1 is 1.11 bits per heavy atom. The van der Waals surface area contributed by atoms with E-state index in [1.165, 1.54) is 6.42 Å². The van der Waals surface area contributed by atoms with Gasteiger partial charge in [-0.25, -0.2) is 0 Å². The van der Waals surface area contributed by atoms with Gasteiger partial charge in [-0.05, 0) is 18.3 Å². The third-order valence-corrected chi connectivity index (χ3v) is 2.57. The fourth-order valence-corrected chi connectivity index (χ4v) is 1.80. The van der Waals surface area contributed by atoms with Gasteiger partial charge in [0.1, 0.15) is 0 Å². The van der Waals surface area contributed by atoms with Gasteiger partial charge in [-0.3, -0.25) is 0 Å². The second-order valence-electron chi connectivity index (χ2n) is 2.78. The van der Waals surface area contributed by atoms with Crippen molar-refractivity contribution >= 4 is 11.6 Å². The molecule has 0 spiro atoms. The second-order valence-corrected chi connectivity index (χ2v) is 3.28. The van der Waals surface area contributed by atoms with Crippen LogP contribution >= 0.6 is 11.6 Å². The summed E-state index contributed by atoms with van der Waals surface area (Å²) in [7, 11) is 0. The van der Waals surface area contributed by atoms with Crippen molar-refractivity contribution in [3.8, 4) is 0 Å². The maximum absolute atomic E-state index is 5.97. The Bertz CT molecular complexity index is 169.